The van der Waals surface area contributed by atoms with Crippen molar-refractivity contribution in [1.82, 2.24) is 4.98 Å². The standard InChI is InChI=1S/C18H11NO2S2/c20-18-15-10-11-22-17(15)19-16(21-18)12-6-8-14(9-7-12)23-13-4-2-1-3-5-13/h1-11H. The van der Waals surface area contributed by atoms with E-state index in [1.165, 1.54) is 16.2 Å². The fourth-order valence-corrected chi connectivity index (χ4v) is 3.80. The summed E-state index contributed by atoms with van der Waals surface area (Å²) in [7, 11) is 0. The van der Waals surface area contributed by atoms with Gasteiger partial charge in [-0.05, 0) is 47.8 Å². The number of benzene rings is 2. The SMILES string of the molecule is O=c1oc(-c2ccc(Sc3ccccc3)cc2)nc2sccc12. The summed E-state index contributed by atoms with van der Waals surface area (Å²) in [4.78, 5) is 19.4. The number of aromatic nitrogens is 1. The molecule has 2 aromatic heterocycles. The van der Waals surface area contributed by atoms with Crippen molar-refractivity contribution in [2.45, 2.75) is 9.79 Å². The van der Waals surface area contributed by atoms with Crippen LogP contribution in [0.5, 0.6) is 0 Å². The second kappa shape index (κ2) is 6.02. The predicted octanol–water partition coefficient (Wildman–Crippen LogP) is 5.07. The first kappa shape index (κ1) is 14.2. The van der Waals surface area contributed by atoms with Gasteiger partial charge in [0.1, 0.15) is 4.83 Å². The molecule has 23 heavy (non-hydrogen) atoms. The van der Waals surface area contributed by atoms with Crippen LogP contribution in [-0.4, -0.2) is 4.98 Å². The van der Waals surface area contributed by atoms with Gasteiger partial charge in [-0.2, -0.15) is 0 Å². The molecule has 5 heteroatoms. The topological polar surface area (TPSA) is 43.1 Å². The van der Waals surface area contributed by atoms with Gasteiger partial charge >= 0.3 is 5.63 Å². The highest BCUT2D eigenvalue weighted by molar-refractivity contribution is 7.99. The van der Waals surface area contributed by atoms with Gasteiger partial charge < -0.3 is 4.42 Å². The lowest BCUT2D eigenvalue weighted by Gasteiger charge is -2.03. The van der Waals surface area contributed by atoms with Gasteiger partial charge in [0.25, 0.3) is 0 Å². The molecule has 0 saturated carbocycles. The number of hydrogen-bond acceptors (Lipinski definition) is 5. The smallest absolute Gasteiger partial charge is 0.347 e. The van der Waals surface area contributed by atoms with Gasteiger partial charge in [0.2, 0.25) is 5.89 Å². The molecule has 3 nitrogen and oxygen atoms in total. The van der Waals surface area contributed by atoms with Crippen LogP contribution >= 0.6 is 23.1 Å². The molecule has 0 unspecified atom stereocenters. The van der Waals surface area contributed by atoms with Gasteiger partial charge in [-0.1, -0.05) is 30.0 Å². The highest BCUT2D eigenvalue weighted by atomic mass is 32.2. The summed E-state index contributed by atoms with van der Waals surface area (Å²) in [5.41, 5.74) is 0.462. The number of rotatable bonds is 3. The Morgan fingerprint density at radius 2 is 1.65 bits per heavy atom. The summed E-state index contributed by atoms with van der Waals surface area (Å²) < 4.78 is 5.33. The predicted molar refractivity (Wildman–Crippen MR) is 94.2 cm³/mol. The van der Waals surface area contributed by atoms with E-state index in [-0.39, 0.29) is 5.63 Å². The average molecular weight is 337 g/mol. The lowest BCUT2D eigenvalue weighted by atomic mass is 10.2. The number of hydrogen-bond donors (Lipinski definition) is 0. The fourth-order valence-electron chi connectivity index (χ4n) is 2.21. The summed E-state index contributed by atoms with van der Waals surface area (Å²) in [6.45, 7) is 0. The highest BCUT2D eigenvalue weighted by Gasteiger charge is 2.09. The lowest BCUT2D eigenvalue weighted by molar-refractivity contribution is 0.519. The van der Waals surface area contributed by atoms with Crippen molar-refractivity contribution in [3.63, 3.8) is 0 Å². The van der Waals surface area contributed by atoms with Crippen LogP contribution in [0.1, 0.15) is 0 Å². The minimum Gasteiger partial charge on any atom is -0.403 e. The summed E-state index contributed by atoms with van der Waals surface area (Å²) in [5, 5.41) is 2.38. The summed E-state index contributed by atoms with van der Waals surface area (Å²) in [5.74, 6) is 0.362. The normalized spacial score (nSPS) is 11.0. The minimum absolute atomic E-state index is 0.339. The quantitative estimate of drug-likeness (QED) is 0.523. The second-order valence-electron chi connectivity index (χ2n) is 4.89. The Kier molecular flexibility index (Phi) is 3.73. The number of fused-ring (bicyclic) bond motifs is 1. The Hall–Kier alpha value is -2.37. The van der Waals surface area contributed by atoms with Crippen molar-refractivity contribution in [1.29, 1.82) is 0 Å². The van der Waals surface area contributed by atoms with Crippen LogP contribution in [0.25, 0.3) is 21.7 Å². The van der Waals surface area contributed by atoms with E-state index < -0.39 is 0 Å². The molecule has 0 atom stereocenters. The van der Waals surface area contributed by atoms with Crippen LogP contribution in [0, 0.1) is 0 Å². The molecule has 0 N–H and O–H groups in total. The zero-order valence-electron chi connectivity index (χ0n) is 11.9. The van der Waals surface area contributed by atoms with Crippen molar-refractivity contribution in [2.24, 2.45) is 0 Å². The lowest BCUT2D eigenvalue weighted by Crippen LogP contribution is -2.00. The monoisotopic (exact) mass is 337 g/mol. The van der Waals surface area contributed by atoms with Gasteiger partial charge in [-0.25, -0.2) is 9.78 Å². The maximum atomic E-state index is 11.9. The van der Waals surface area contributed by atoms with Gasteiger partial charge in [-0.3, -0.25) is 0 Å². The minimum atomic E-state index is -0.339. The van der Waals surface area contributed by atoms with E-state index >= 15 is 0 Å². The van der Waals surface area contributed by atoms with E-state index in [9.17, 15) is 4.79 Å². The Morgan fingerprint density at radius 1 is 0.913 bits per heavy atom. The van der Waals surface area contributed by atoms with E-state index in [0.29, 0.717) is 16.1 Å². The van der Waals surface area contributed by atoms with Crippen LogP contribution in [0.4, 0.5) is 0 Å². The second-order valence-corrected chi connectivity index (χ2v) is 6.93. The van der Waals surface area contributed by atoms with E-state index in [1.54, 1.807) is 17.8 Å². The van der Waals surface area contributed by atoms with E-state index in [2.05, 4.69) is 17.1 Å². The third kappa shape index (κ3) is 2.93. The maximum Gasteiger partial charge on any atom is 0.347 e. The first-order chi connectivity index (χ1) is 11.3. The zero-order chi connectivity index (χ0) is 15.6. The van der Waals surface area contributed by atoms with Crippen molar-refractivity contribution >= 4 is 33.3 Å². The zero-order valence-corrected chi connectivity index (χ0v) is 13.6. The molecule has 4 aromatic rings. The summed E-state index contributed by atoms with van der Waals surface area (Å²) in [6, 6.07) is 19.8. The molecule has 0 fully saturated rings. The first-order valence-electron chi connectivity index (χ1n) is 7.01. The fraction of sp³-hybridized carbons (Fsp3) is 0. The van der Waals surface area contributed by atoms with E-state index in [4.69, 9.17) is 4.42 Å². The summed E-state index contributed by atoms with van der Waals surface area (Å²) in [6.07, 6.45) is 0. The molecular weight excluding hydrogens is 326 g/mol. The highest BCUT2D eigenvalue weighted by Crippen LogP contribution is 2.29. The van der Waals surface area contributed by atoms with Gasteiger partial charge in [0.15, 0.2) is 0 Å². The molecule has 0 bridgehead atoms. The van der Waals surface area contributed by atoms with Crippen LogP contribution in [-0.2, 0) is 0 Å². The molecule has 0 saturated heterocycles. The van der Waals surface area contributed by atoms with Crippen LogP contribution in [0.2, 0.25) is 0 Å². The Labute approximate surface area is 140 Å². The van der Waals surface area contributed by atoms with Crippen LogP contribution in [0.3, 0.4) is 0 Å². The Balaban J connectivity index is 1.65. The Morgan fingerprint density at radius 3 is 2.43 bits per heavy atom. The van der Waals surface area contributed by atoms with Crippen molar-refractivity contribution in [2.75, 3.05) is 0 Å². The first-order valence-corrected chi connectivity index (χ1v) is 8.71. The largest absolute Gasteiger partial charge is 0.403 e. The number of nitrogens with zero attached hydrogens (tertiary/aromatic N) is 1. The van der Waals surface area contributed by atoms with E-state index in [0.717, 1.165) is 10.5 Å². The molecular formula is C18H11NO2S2. The van der Waals surface area contributed by atoms with Crippen LogP contribution in [0.15, 0.2) is 85.0 Å². The van der Waals surface area contributed by atoms with Gasteiger partial charge in [-0.15, -0.1) is 11.3 Å². The molecule has 0 aliphatic rings. The molecule has 0 radical (unpaired) electrons. The molecule has 0 spiro atoms. The van der Waals surface area contributed by atoms with Crippen molar-refractivity contribution in [3.8, 4) is 11.5 Å². The summed E-state index contributed by atoms with van der Waals surface area (Å²) >= 11 is 3.13. The van der Waals surface area contributed by atoms with Gasteiger partial charge in [0.05, 0.1) is 5.39 Å². The third-order valence-electron chi connectivity index (χ3n) is 3.34. The maximum absolute atomic E-state index is 11.9. The number of thiophene rings is 1. The van der Waals surface area contributed by atoms with Crippen molar-refractivity contribution < 1.29 is 4.42 Å². The third-order valence-corrected chi connectivity index (χ3v) is 5.16. The molecule has 2 heterocycles. The van der Waals surface area contributed by atoms with Crippen molar-refractivity contribution in [3.05, 3.63) is 76.5 Å². The van der Waals surface area contributed by atoms with Crippen LogP contribution < -0.4 is 5.63 Å². The average Bonchev–Trinajstić information content (AvgIpc) is 3.06. The molecule has 0 amide bonds. The molecule has 0 aliphatic carbocycles. The molecule has 0 aliphatic heterocycles. The molecule has 112 valence electrons. The Bertz CT molecular complexity index is 1000. The van der Waals surface area contributed by atoms with E-state index in [1.807, 2.05) is 47.8 Å². The molecule has 4 rings (SSSR count). The van der Waals surface area contributed by atoms with Gasteiger partial charge in [0, 0.05) is 15.4 Å². The molecule has 2 aromatic carbocycles.